The van der Waals surface area contributed by atoms with Gasteiger partial charge in [0.2, 0.25) is 0 Å². The maximum Gasteiger partial charge on any atom is 0.410 e. The van der Waals surface area contributed by atoms with E-state index in [4.69, 9.17) is 9.47 Å². The number of ether oxygens (including phenoxy) is 2. The number of nitrogens with zero attached hydrogens (tertiary/aromatic N) is 5. The second-order valence-electron chi connectivity index (χ2n) is 10.6. The van der Waals surface area contributed by atoms with E-state index in [9.17, 15) is 9.59 Å². The Hall–Kier alpha value is -3.15. The topological polar surface area (TPSA) is 88.1 Å². The van der Waals surface area contributed by atoms with Crippen molar-refractivity contribution in [1.82, 2.24) is 14.9 Å². The first-order valence-corrected chi connectivity index (χ1v) is 15.3. The Morgan fingerprint density at radius 3 is 2.73 bits per heavy atom. The van der Waals surface area contributed by atoms with Crippen LogP contribution in [-0.4, -0.2) is 72.5 Å². The molecule has 3 heterocycles. The molecule has 0 saturated carbocycles. The molecule has 4 rings (SSSR count). The van der Waals surface area contributed by atoms with Gasteiger partial charge in [0.15, 0.2) is 5.16 Å². The maximum atomic E-state index is 13.5. The SMILES string of the molecule is CSc1ncc2c(n1)N(C)CCN(c1cccc(CO[C@@H](CCN(C)C(=O)OC(C)(C)C)c3cccs3)c1)C2=O. The van der Waals surface area contributed by atoms with Gasteiger partial charge in [0.1, 0.15) is 17.0 Å². The van der Waals surface area contributed by atoms with Crippen LogP contribution in [0, 0.1) is 0 Å². The molecule has 0 fully saturated rings. The molecule has 0 radical (unpaired) electrons. The van der Waals surface area contributed by atoms with Gasteiger partial charge in [0.05, 0.1) is 12.7 Å². The number of amides is 2. The minimum Gasteiger partial charge on any atom is -0.444 e. The van der Waals surface area contributed by atoms with Crippen molar-refractivity contribution in [2.24, 2.45) is 0 Å². The Morgan fingerprint density at radius 1 is 1.23 bits per heavy atom. The van der Waals surface area contributed by atoms with Crippen LogP contribution >= 0.6 is 23.1 Å². The van der Waals surface area contributed by atoms with Crippen molar-refractivity contribution in [3.05, 3.63) is 64.0 Å². The summed E-state index contributed by atoms with van der Waals surface area (Å²) < 4.78 is 11.9. The van der Waals surface area contributed by atoms with Crippen LogP contribution in [-0.2, 0) is 16.1 Å². The summed E-state index contributed by atoms with van der Waals surface area (Å²) in [6.07, 6.45) is 3.63. The van der Waals surface area contributed by atoms with Crippen molar-refractivity contribution in [2.75, 3.05) is 49.8 Å². The number of carbonyl (C=O) groups is 2. The molecular formula is C29H37N5O4S2. The highest BCUT2D eigenvalue weighted by Crippen LogP contribution is 2.30. The van der Waals surface area contributed by atoms with Crippen molar-refractivity contribution in [1.29, 1.82) is 0 Å². The van der Waals surface area contributed by atoms with Gasteiger partial charge in [-0.1, -0.05) is 30.0 Å². The molecule has 0 N–H and O–H groups in total. The predicted octanol–water partition coefficient (Wildman–Crippen LogP) is 5.87. The molecule has 214 valence electrons. The summed E-state index contributed by atoms with van der Waals surface area (Å²) in [4.78, 5) is 41.4. The van der Waals surface area contributed by atoms with Gasteiger partial charge in [-0.2, -0.15) is 0 Å². The van der Waals surface area contributed by atoms with Crippen molar-refractivity contribution < 1.29 is 19.1 Å². The van der Waals surface area contributed by atoms with E-state index < -0.39 is 5.60 Å². The fraction of sp³-hybridized carbons (Fsp3) is 0.448. The summed E-state index contributed by atoms with van der Waals surface area (Å²) in [6, 6.07) is 11.9. The number of fused-ring (bicyclic) bond motifs is 1. The van der Waals surface area contributed by atoms with Crippen molar-refractivity contribution in [3.8, 4) is 0 Å². The average Bonchev–Trinajstić information content (AvgIpc) is 3.42. The molecule has 11 heteroatoms. The first-order chi connectivity index (χ1) is 19.1. The summed E-state index contributed by atoms with van der Waals surface area (Å²) in [5.41, 5.74) is 1.71. The molecule has 1 atom stereocenters. The molecule has 1 aromatic carbocycles. The van der Waals surface area contributed by atoms with Gasteiger partial charge in [-0.3, -0.25) is 4.79 Å². The molecule has 3 aromatic rings. The van der Waals surface area contributed by atoms with Crippen LogP contribution in [0.2, 0.25) is 0 Å². The zero-order chi connectivity index (χ0) is 28.9. The maximum absolute atomic E-state index is 13.5. The Kier molecular flexibility index (Phi) is 9.70. The van der Waals surface area contributed by atoms with Gasteiger partial charge in [-0.05, 0) is 62.6 Å². The molecule has 0 unspecified atom stereocenters. The predicted molar refractivity (Wildman–Crippen MR) is 161 cm³/mol. The third kappa shape index (κ3) is 7.52. The van der Waals surface area contributed by atoms with Crippen LogP contribution in [0.1, 0.15) is 54.1 Å². The molecule has 0 aliphatic carbocycles. The highest BCUT2D eigenvalue weighted by Gasteiger charge is 2.28. The van der Waals surface area contributed by atoms with Gasteiger partial charge < -0.3 is 24.2 Å². The Labute approximate surface area is 244 Å². The fourth-order valence-corrected chi connectivity index (χ4v) is 5.43. The van der Waals surface area contributed by atoms with Crippen molar-refractivity contribution >= 4 is 46.6 Å². The third-order valence-electron chi connectivity index (χ3n) is 6.39. The summed E-state index contributed by atoms with van der Waals surface area (Å²) in [6.45, 7) is 7.61. The molecule has 2 aromatic heterocycles. The zero-order valence-corrected chi connectivity index (χ0v) is 25.6. The monoisotopic (exact) mass is 583 g/mol. The highest BCUT2D eigenvalue weighted by molar-refractivity contribution is 7.98. The number of carbonyl (C=O) groups excluding carboxylic acids is 2. The van der Waals surface area contributed by atoms with E-state index in [0.717, 1.165) is 16.1 Å². The molecule has 9 nitrogen and oxygen atoms in total. The normalized spacial score (nSPS) is 14.5. The van der Waals surface area contributed by atoms with E-state index in [2.05, 4.69) is 9.97 Å². The molecular weight excluding hydrogens is 546 g/mol. The number of rotatable bonds is 9. The summed E-state index contributed by atoms with van der Waals surface area (Å²) >= 11 is 3.08. The molecule has 2 amide bonds. The average molecular weight is 584 g/mol. The second-order valence-corrected chi connectivity index (χ2v) is 12.4. The van der Waals surface area contributed by atoms with Crippen LogP contribution in [0.25, 0.3) is 0 Å². The van der Waals surface area contributed by atoms with Gasteiger partial charge in [-0.15, -0.1) is 11.3 Å². The lowest BCUT2D eigenvalue weighted by Gasteiger charge is -2.26. The summed E-state index contributed by atoms with van der Waals surface area (Å²) in [5.74, 6) is 0.535. The second kappa shape index (κ2) is 13.0. The smallest absolute Gasteiger partial charge is 0.410 e. The number of hydrogen-bond acceptors (Lipinski definition) is 9. The zero-order valence-electron chi connectivity index (χ0n) is 23.9. The minimum atomic E-state index is -0.545. The van der Waals surface area contributed by atoms with Crippen LogP contribution in [0.15, 0.2) is 53.1 Å². The first-order valence-electron chi connectivity index (χ1n) is 13.2. The van der Waals surface area contributed by atoms with Gasteiger partial charge in [0, 0.05) is 50.5 Å². The van der Waals surface area contributed by atoms with E-state index in [1.54, 1.807) is 34.4 Å². The van der Waals surface area contributed by atoms with Crippen LogP contribution in [0.5, 0.6) is 0 Å². The number of aromatic nitrogens is 2. The molecule has 40 heavy (non-hydrogen) atoms. The van der Waals surface area contributed by atoms with Crippen LogP contribution in [0.4, 0.5) is 16.3 Å². The lowest BCUT2D eigenvalue weighted by Crippen LogP contribution is -2.35. The number of benzene rings is 1. The minimum absolute atomic E-state index is 0.119. The fourth-order valence-electron chi connectivity index (χ4n) is 4.28. The molecule has 0 saturated heterocycles. The van der Waals surface area contributed by atoms with Crippen molar-refractivity contribution in [2.45, 2.75) is 50.7 Å². The first kappa shape index (κ1) is 29.8. The van der Waals surface area contributed by atoms with E-state index >= 15 is 0 Å². The third-order valence-corrected chi connectivity index (χ3v) is 7.92. The van der Waals surface area contributed by atoms with E-state index in [1.165, 1.54) is 11.8 Å². The molecule has 1 aliphatic rings. The summed E-state index contributed by atoms with van der Waals surface area (Å²) in [7, 11) is 3.69. The van der Waals surface area contributed by atoms with E-state index in [0.29, 0.717) is 49.2 Å². The van der Waals surface area contributed by atoms with Gasteiger partial charge >= 0.3 is 6.09 Å². The molecule has 0 bridgehead atoms. The standard InChI is InChI=1S/C29H37N5O4S2/c1-29(2,3)38-28(36)33(5)13-12-23(24-11-8-16-40-24)37-19-20-9-7-10-21(17-20)34-15-14-32(4)25-22(26(34)35)18-30-27(31-25)39-6/h7-11,16-18,23H,12-15,19H2,1-6H3/t23-/m0/s1. The van der Waals surface area contributed by atoms with Crippen LogP contribution in [0.3, 0.4) is 0 Å². The number of thiophene rings is 1. The Bertz CT molecular complexity index is 1310. The Balaban J connectivity index is 1.45. The number of hydrogen-bond donors (Lipinski definition) is 0. The van der Waals surface area contributed by atoms with E-state index in [-0.39, 0.29) is 18.1 Å². The van der Waals surface area contributed by atoms with Crippen LogP contribution < -0.4 is 9.80 Å². The Morgan fingerprint density at radius 2 is 2.02 bits per heavy atom. The highest BCUT2D eigenvalue weighted by atomic mass is 32.2. The summed E-state index contributed by atoms with van der Waals surface area (Å²) in [5, 5.41) is 2.67. The van der Waals surface area contributed by atoms with E-state index in [1.807, 2.05) is 80.8 Å². The lowest BCUT2D eigenvalue weighted by molar-refractivity contribution is 0.0148. The van der Waals surface area contributed by atoms with Gasteiger partial charge in [0.25, 0.3) is 5.91 Å². The quantitative estimate of drug-likeness (QED) is 0.228. The van der Waals surface area contributed by atoms with Crippen molar-refractivity contribution in [3.63, 3.8) is 0 Å². The largest absolute Gasteiger partial charge is 0.444 e. The number of anilines is 2. The van der Waals surface area contributed by atoms with Gasteiger partial charge in [-0.25, -0.2) is 14.8 Å². The molecule has 1 aliphatic heterocycles. The molecule has 0 spiro atoms. The lowest BCUT2D eigenvalue weighted by atomic mass is 10.1. The number of likely N-dealkylation sites (N-methyl/N-ethyl adjacent to an activating group) is 1. The number of thioether (sulfide) groups is 1.